The zero-order valence-electron chi connectivity index (χ0n) is 56.3. The van der Waals surface area contributed by atoms with Crippen LogP contribution in [0.15, 0.2) is 0 Å². The lowest BCUT2D eigenvalue weighted by molar-refractivity contribution is -0.374. The van der Waals surface area contributed by atoms with Crippen LogP contribution in [0.1, 0.15) is 306 Å². The zero-order chi connectivity index (χ0) is 64.6. The normalized spacial score (nSPS) is 25.5. The van der Waals surface area contributed by atoms with Gasteiger partial charge >= 0.3 is 22.3 Å². The van der Waals surface area contributed by atoms with Crippen molar-refractivity contribution in [2.24, 2.45) is 41.4 Å². The summed E-state index contributed by atoms with van der Waals surface area (Å²) in [6.07, 6.45) is 24.8. The molecule has 516 valence electrons. The first-order valence-corrected chi connectivity index (χ1v) is 36.9. The fourth-order valence-electron chi connectivity index (χ4n) is 13.8. The molecule has 0 aliphatic carbocycles. The lowest BCUT2D eigenvalue weighted by Gasteiger charge is -2.46. The molecule has 18 unspecified atom stereocenters. The van der Waals surface area contributed by atoms with Gasteiger partial charge in [-0.05, 0) is 86.9 Å². The number of esters is 2. The maximum Gasteiger partial charge on any atom is 0.397 e. The first kappa shape index (κ1) is 81.5. The van der Waals surface area contributed by atoms with Gasteiger partial charge in [0.05, 0.1) is 25.2 Å². The van der Waals surface area contributed by atoms with Crippen LogP contribution in [0.5, 0.6) is 0 Å². The molecular weight excluding hydrogens is 1130 g/mol. The van der Waals surface area contributed by atoms with Crippen LogP contribution >= 0.6 is 0 Å². The van der Waals surface area contributed by atoms with Gasteiger partial charge in [-0.1, -0.05) is 249 Å². The first-order chi connectivity index (χ1) is 41.5. The van der Waals surface area contributed by atoms with Crippen molar-refractivity contribution in [1.82, 2.24) is 0 Å². The van der Waals surface area contributed by atoms with Crippen molar-refractivity contribution in [3.63, 3.8) is 0 Å². The van der Waals surface area contributed by atoms with Gasteiger partial charge in [0.1, 0.15) is 30.5 Å². The highest BCUT2D eigenvalue weighted by molar-refractivity contribution is 7.80. The van der Waals surface area contributed by atoms with Crippen molar-refractivity contribution in [3.05, 3.63) is 0 Å². The average Bonchev–Trinajstić information content (AvgIpc) is 1.02. The third kappa shape index (κ3) is 36.5. The molecule has 18 atom stereocenters. The second-order valence-corrected chi connectivity index (χ2v) is 28.8. The third-order valence-electron chi connectivity index (χ3n) is 18.5. The highest BCUT2D eigenvalue weighted by Gasteiger charge is 2.55. The molecule has 0 amide bonds. The standard InChI is InChI=1S/C69H132O17S/c1-10-12-14-16-18-20-22-24-26-28-30-32-34-36-38-40-57(72)55(8)46-53(6)44-51(4)42-50(3)43-52(5)45-54(7)47-56(9)67(77)84-64-62(75)59(49-71)82-69(85-68-65(86-87(78,79)80)63(76)61(74)58(48-70)81-68)66(64)83-60(73)41-39-37-35-33-31-29-27-25-23-21-19-17-15-13-11-2/h50-59,61-66,68-72,74-76H,10-49H2,1-9H3,(H,78,79,80). The molecule has 0 aromatic heterocycles. The fraction of sp³-hybridized carbons (Fsp3) is 0.971. The van der Waals surface area contributed by atoms with Crippen LogP contribution in [-0.2, 0) is 47.9 Å². The minimum absolute atomic E-state index is 0.0553. The van der Waals surface area contributed by atoms with E-state index in [2.05, 4.69) is 59.6 Å². The maximum absolute atomic E-state index is 14.1. The third-order valence-corrected chi connectivity index (χ3v) is 19.0. The minimum Gasteiger partial charge on any atom is -0.455 e. The number of unbranched alkanes of at least 4 members (excludes halogenated alkanes) is 28. The largest absolute Gasteiger partial charge is 0.455 e. The molecule has 18 heteroatoms. The monoisotopic (exact) mass is 1260 g/mol. The second kappa shape index (κ2) is 48.2. The molecule has 17 nitrogen and oxygen atoms in total. The molecule has 0 spiro atoms. The van der Waals surface area contributed by atoms with Gasteiger partial charge in [0.25, 0.3) is 0 Å². The van der Waals surface area contributed by atoms with Gasteiger partial charge in [-0.25, -0.2) is 4.18 Å². The quantitative estimate of drug-likeness (QED) is 0.0169. The molecule has 2 heterocycles. The Bertz CT molecular complexity index is 1810. The molecule has 2 saturated heterocycles. The van der Waals surface area contributed by atoms with E-state index in [0.717, 1.165) is 77.0 Å². The van der Waals surface area contributed by atoms with Crippen molar-refractivity contribution in [1.29, 1.82) is 0 Å². The van der Waals surface area contributed by atoms with Gasteiger partial charge < -0.3 is 54.3 Å². The van der Waals surface area contributed by atoms with Crippen LogP contribution in [0.25, 0.3) is 0 Å². The summed E-state index contributed by atoms with van der Waals surface area (Å²) in [5, 5.41) is 64.4. The molecule has 2 rings (SSSR count). The Hall–Kier alpha value is -1.55. The Labute approximate surface area is 529 Å². The van der Waals surface area contributed by atoms with Crippen LogP contribution in [0.4, 0.5) is 0 Å². The van der Waals surface area contributed by atoms with E-state index in [1.807, 2.05) is 0 Å². The molecule has 2 aliphatic heterocycles. The molecule has 0 radical (unpaired) electrons. The number of aliphatic hydroxyl groups is 6. The molecule has 2 fully saturated rings. The molecule has 0 aromatic rings. The average molecular weight is 1270 g/mol. The molecular formula is C69H132O17S. The van der Waals surface area contributed by atoms with E-state index in [9.17, 15) is 53.2 Å². The summed E-state index contributed by atoms with van der Waals surface area (Å²) < 4.78 is 67.4. The number of rotatable bonds is 54. The van der Waals surface area contributed by atoms with Gasteiger partial charge in [-0.15, -0.1) is 0 Å². The highest BCUT2D eigenvalue weighted by atomic mass is 32.3. The van der Waals surface area contributed by atoms with E-state index in [0.29, 0.717) is 36.5 Å². The summed E-state index contributed by atoms with van der Waals surface area (Å²) in [5.41, 5.74) is 0. The summed E-state index contributed by atoms with van der Waals surface area (Å²) in [5.74, 6) is 0.143. The van der Waals surface area contributed by atoms with Crippen LogP contribution < -0.4 is 0 Å². The number of hydrogen-bond acceptors (Lipinski definition) is 16. The lowest BCUT2D eigenvalue weighted by Crippen LogP contribution is -2.65. The van der Waals surface area contributed by atoms with Crippen molar-refractivity contribution in [2.75, 3.05) is 13.2 Å². The van der Waals surface area contributed by atoms with Gasteiger partial charge in [0.2, 0.25) is 6.29 Å². The van der Waals surface area contributed by atoms with Gasteiger partial charge in [-0.2, -0.15) is 8.42 Å². The molecule has 0 saturated carbocycles. The molecule has 2 aliphatic rings. The number of aliphatic hydroxyl groups excluding tert-OH is 6. The summed E-state index contributed by atoms with van der Waals surface area (Å²) in [7, 11) is -5.32. The zero-order valence-corrected chi connectivity index (χ0v) is 57.1. The summed E-state index contributed by atoms with van der Waals surface area (Å²) >= 11 is 0. The van der Waals surface area contributed by atoms with Crippen molar-refractivity contribution >= 4 is 22.3 Å². The fourth-order valence-corrected chi connectivity index (χ4v) is 14.3. The van der Waals surface area contributed by atoms with Crippen molar-refractivity contribution in [2.45, 2.75) is 374 Å². The Kier molecular flexibility index (Phi) is 45.2. The molecule has 0 bridgehead atoms. The van der Waals surface area contributed by atoms with Gasteiger partial charge in [0.15, 0.2) is 24.6 Å². The molecule has 0 aromatic carbocycles. The predicted octanol–water partition coefficient (Wildman–Crippen LogP) is 14.2. The van der Waals surface area contributed by atoms with Crippen molar-refractivity contribution in [3.8, 4) is 0 Å². The molecule has 7 N–H and O–H groups in total. The van der Waals surface area contributed by atoms with E-state index in [1.165, 1.54) is 148 Å². The van der Waals surface area contributed by atoms with Crippen molar-refractivity contribution < 1.29 is 81.1 Å². The van der Waals surface area contributed by atoms with E-state index in [4.69, 9.17) is 23.7 Å². The van der Waals surface area contributed by atoms with Crippen LogP contribution in [0.2, 0.25) is 0 Å². The Morgan fingerprint density at radius 3 is 1.21 bits per heavy atom. The SMILES string of the molecule is CCCCCCCCCCCCCCCCCC(=O)OC1C(OC2OC(CO)C(O)C(O)C2OS(=O)(=O)O)OC(CO)C(O)C1OC(=O)C(C)CC(C)CC(C)CC(C)CC(C)CC(C)CC(C)C(O)CCCCCCCCCCCCCCCCC. The van der Waals surface area contributed by atoms with E-state index < -0.39 is 103 Å². The smallest absolute Gasteiger partial charge is 0.397 e. The number of carbonyl (C=O) groups is 2. The summed E-state index contributed by atoms with van der Waals surface area (Å²) in [6, 6.07) is 0. The summed E-state index contributed by atoms with van der Waals surface area (Å²) in [6.45, 7) is 18.0. The minimum atomic E-state index is -5.32. The van der Waals surface area contributed by atoms with Gasteiger partial charge in [0, 0.05) is 6.42 Å². The lowest BCUT2D eigenvalue weighted by atomic mass is 9.80. The van der Waals surface area contributed by atoms with Gasteiger partial charge in [-0.3, -0.25) is 14.1 Å². The summed E-state index contributed by atoms with van der Waals surface area (Å²) in [4.78, 5) is 27.7. The Morgan fingerprint density at radius 2 is 0.805 bits per heavy atom. The van der Waals surface area contributed by atoms with Crippen LogP contribution in [0, 0.1) is 41.4 Å². The topological polar surface area (TPSA) is 265 Å². The van der Waals surface area contributed by atoms with E-state index in [-0.39, 0.29) is 24.4 Å². The van der Waals surface area contributed by atoms with Crippen LogP contribution in [-0.4, -0.2) is 136 Å². The van der Waals surface area contributed by atoms with E-state index >= 15 is 0 Å². The maximum atomic E-state index is 14.1. The number of hydrogen-bond donors (Lipinski definition) is 7. The number of carbonyl (C=O) groups excluding carboxylic acids is 2. The highest BCUT2D eigenvalue weighted by Crippen LogP contribution is 2.35. The van der Waals surface area contributed by atoms with Crippen LogP contribution in [0.3, 0.4) is 0 Å². The van der Waals surface area contributed by atoms with E-state index in [1.54, 1.807) is 6.92 Å². The first-order valence-electron chi connectivity index (χ1n) is 35.5. The Morgan fingerprint density at radius 1 is 0.448 bits per heavy atom. The second-order valence-electron chi connectivity index (χ2n) is 27.7. The molecule has 87 heavy (non-hydrogen) atoms. The number of ether oxygens (including phenoxy) is 5. The Balaban J connectivity index is 1.95. The predicted molar refractivity (Wildman–Crippen MR) is 344 cm³/mol.